The third-order valence-electron chi connectivity index (χ3n) is 8.79. The Bertz CT molecular complexity index is 1320. The molecule has 8 nitrogen and oxygen atoms in total. The summed E-state index contributed by atoms with van der Waals surface area (Å²) in [6, 6.07) is 10.5. The summed E-state index contributed by atoms with van der Waals surface area (Å²) >= 11 is 0. The van der Waals surface area contributed by atoms with Crippen molar-refractivity contribution in [1.29, 1.82) is 0 Å². The van der Waals surface area contributed by atoms with Gasteiger partial charge >= 0.3 is 11.9 Å². The molecule has 8 heteroatoms. The van der Waals surface area contributed by atoms with Crippen LogP contribution < -0.4 is 9.47 Å². The molecule has 252 valence electrons. The molecule has 46 heavy (non-hydrogen) atoms. The van der Waals surface area contributed by atoms with E-state index in [2.05, 4.69) is 45.2 Å². The number of hydrogen-bond acceptors (Lipinski definition) is 8. The first kappa shape index (κ1) is 36.8. The topological polar surface area (TPSA) is 112 Å². The van der Waals surface area contributed by atoms with E-state index in [-0.39, 0.29) is 37.6 Å². The number of unbranched alkanes of at least 4 members (excludes halogenated alkanes) is 2. The largest absolute Gasteiger partial charge is 0.490 e. The predicted octanol–water partition coefficient (Wildman–Crippen LogP) is 7.02. The van der Waals surface area contributed by atoms with Crippen LogP contribution in [-0.4, -0.2) is 61.8 Å². The van der Waals surface area contributed by atoms with Crippen LogP contribution in [0.25, 0.3) is 11.1 Å². The normalized spacial score (nSPS) is 16.0. The monoisotopic (exact) mass is 636 g/mol. The molecule has 2 N–H and O–H groups in total. The van der Waals surface area contributed by atoms with Gasteiger partial charge in [-0.3, -0.25) is 0 Å². The zero-order chi connectivity index (χ0) is 33.5. The van der Waals surface area contributed by atoms with Crippen LogP contribution >= 0.6 is 0 Å². The van der Waals surface area contributed by atoms with Crippen LogP contribution in [0.1, 0.15) is 87.8 Å². The number of carbonyl (C=O) groups excluding carboxylic acids is 2. The summed E-state index contributed by atoms with van der Waals surface area (Å²) in [4.78, 5) is 23.7. The summed E-state index contributed by atoms with van der Waals surface area (Å²) < 4.78 is 22.3. The SMILES string of the molecule is C=C(CO)C(=O)OCCOc1cc(OCCOC(=O)C(=C)CO)c(C)c(-c2ccc(C3CCC(CCCCC)CC3)c(CC)c2)c1. The Morgan fingerprint density at radius 1 is 0.826 bits per heavy atom. The second-order valence-corrected chi connectivity index (χ2v) is 12.1. The summed E-state index contributed by atoms with van der Waals surface area (Å²) in [5, 5.41) is 18.2. The maximum atomic E-state index is 11.9. The molecular weight excluding hydrogens is 584 g/mol. The van der Waals surface area contributed by atoms with E-state index in [0.29, 0.717) is 17.4 Å². The predicted molar refractivity (Wildman–Crippen MR) is 180 cm³/mol. The van der Waals surface area contributed by atoms with E-state index in [1.54, 1.807) is 6.07 Å². The molecule has 1 aliphatic rings. The van der Waals surface area contributed by atoms with Gasteiger partial charge in [0.25, 0.3) is 0 Å². The Morgan fingerprint density at radius 3 is 2.04 bits per heavy atom. The van der Waals surface area contributed by atoms with Crippen molar-refractivity contribution >= 4 is 11.9 Å². The lowest BCUT2D eigenvalue weighted by molar-refractivity contribution is -0.141. The minimum atomic E-state index is -0.671. The lowest BCUT2D eigenvalue weighted by atomic mass is 9.75. The molecule has 0 amide bonds. The van der Waals surface area contributed by atoms with E-state index in [9.17, 15) is 9.59 Å². The fraction of sp³-hybridized carbons (Fsp3) is 0.526. The number of esters is 2. The molecule has 0 spiro atoms. The Labute approximate surface area is 274 Å². The van der Waals surface area contributed by atoms with Crippen LogP contribution in [0.2, 0.25) is 0 Å². The average molecular weight is 637 g/mol. The van der Waals surface area contributed by atoms with E-state index in [1.165, 1.54) is 62.5 Å². The van der Waals surface area contributed by atoms with E-state index in [4.69, 9.17) is 29.2 Å². The molecule has 0 radical (unpaired) electrons. The molecule has 0 saturated heterocycles. The van der Waals surface area contributed by atoms with Crippen LogP contribution in [0.4, 0.5) is 0 Å². The van der Waals surface area contributed by atoms with Crippen molar-refractivity contribution in [2.75, 3.05) is 39.6 Å². The smallest absolute Gasteiger partial charge is 0.335 e. The molecular formula is C38H52O8. The number of carbonyl (C=O) groups is 2. The highest BCUT2D eigenvalue weighted by molar-refractivity contribution is 5.88. The zero-order valence-electron chi connectivity index (χ0n) is 27.9. The van der Waals surface area contributed by atoms with Crippen molar-refractivity contribution in [3.63, 3.8) is 0 Å². The van der Waals surface area contributed by atoms with Gasteiger partial charge in [-0.25, -0.2) is 9.59 Å². The van der Waals surface area contributed by atoms with Gasteiger partial charge < -0.3 is 29.2 Å². The first-order chi connectivity index (χ1) is 22.2. The van der Waals surface area contributed by atoms with Gasteiger partial charge in [0.1, 0.15) is 37.9 Å². The molecule has 3 rings (SSSR count). The van der Waals surface area contributed by atoms with Gasteiger partial charge in [0.05, 0.1) is 24.4 Å². The Morgan fingerprint density at radius 2 is 1.46 bits per heavy atom. The molecule has 1 aliphatic carbocycles. The van der Waals surface area contributed by atoms with E-state index in [0.717, 1.165) is 29.0 Å². The van der Waals surface area contributed by atoms with Gasteiger partial charge in [0.2, 0.25) is 0 Å². The molecule has 0 bridgehead atoms. The van der Waals surface area contributed by atoms with Crippen LogP contribution in [0.15, 0.2) is 54.6 Å². The standard InChI is InChI=1S/C38H52O8/c1-6-8-9-10-29-11-13-31(14-12-29)34-16-15-32(21-30(34)7-2)35-22-33(43-17-19-45-37(41)26(3)24-39)23-36(28(35)5)44-18-20-46-38(42)27(4)25-40/h15-16,21-23,29,31,39-40H,3-4,6-14,17-20,24-25H2,1-2,5H3. The minimum Gasteiger partial charge on any atom is -0.490 e. The van der Waals surface area contributed by atoms with Crippen molar-refractivity contribution in [3.8, 4) is 22.6 Å². The summed E-state index contributed by atoms with van der Waals surface area (Å²) in [5.74, 6) is 1.22. The fourth-order valence-electron chi connectivity index (χ4n) is 6.03. The van der Waals surface area contributed by atoms with Crippen LogP contribution in [0, 0.1) is 12.8 Å². The van der Waals surface area contributed by atoms with Crippen molar-refractivity contribution < 1.29 is 38.7 Å². The Kier molecular flexibility index (Phi) is 15.3. The van der Waals surface area contributed by atoms with Gasteiger partial charge in [-0.15, -0.1) is 0 Å². The number of hydrogen-bond donors (Lipinski definition) is 2. The number of aliphatic hydroxyl groups is 2. The quantitative estimate of drug-likeness (QED) is 0.0962. The molecule has 1 saturated carbocycles. The summed E-state index contributed by atoms with van der Waals surface area (Å²) in [6.45, 7) is 12.6. The third-order valence-corrected chi connectivity index (χ3v) is 8.79. The van der Waals surface area contributed by atoms with E-state index < -0.39 is 25.2 Å². The molecule has 0 unspecified atom stereocenters. The van der Waals surface area contributed by atoms with E-state index >= 15 is 0 Å². The molecule has 0 aliphatic heterocycles. The molecule has 2 aromatic carbocycles. The van der Waals surface area contributed by atoms with Gasteiger partial charge in [-0.2, -0.15) is 0 Å². The number of ether oxygens (including phenoxy) is 4. The molecule has 2 aromatic rings. The number of rotatable bonds is 19. The van der Waals surface area contributed by atoms with Crippen LogP contribution in [-0.2, 0) is 25.5 Å². The second-order valence-electron chi connectivity index (χ2n) is 12.1. The number of aliphatic hydroxyl groups excluding tert-OH is 2. The van der Waals surface area contributed by atoms with Crippen molar-refractivity contribution in [3.05, 3.63) is 71.3 Å². The highest BCUT2D eigenvalue weighted by Crippen LogP contribution is 2.41. The van der Waals surface area contributed by atoms with Crippen LogP contribution in [0.3, 0.4) is 0 Å². The van der Waals surface area contributed by atoms with Crippen LogP contribution in [0.5, 0.6) is 11.5 Å². The van der Waals surface area contributed by atoms with Crippen molar-refractivity contribution in [2.45, 2.75) is 84.5 Å². The lowest BCUT2D eigenvalue weighted by Gasteiger charge is -2.30. The van der Waals surface area contributed by atoms with E-state index in [1.807, 2.05) is 13.0 Å². The van der Waals surface area contributed by atoms with Crippen molar-refractivity contribution in [1.82, 2.24) is 0 Å². The lowest BCUT2D eigenvalue weighted by Crippen LogP contribution is -2.16. The highest BCUT2D eigenvalue weighted by atomic mass is 16.6. The second kappa shape index (κ2) is 19.1. The first-order valence-corrected chi connectivity index (χ1v) is 16.7. The summed E-state index contributed by atoms with van der Waals surface area (Å²) in [6.07, 6.45) is 11.4. The Balaban J connectivity index is 1.79. The minimum absolute atomic E-state index is 0.0159. The van der Waals surface area contributed by atoms with Gasteiger partial charge in [-0.1, -0.05) is 70.9 Å². The van der Waals surface area contributed by atoms with Crippen molar-refractivity contribution in [2.24, 2.45) is 5.92 Å². The van der Waals surface area contributed by atoms with Gasteiger partial charge in [-0.05, 0) is 84.7 Å². The maximum Gasteiger partial charge on any atom is 0.335 e. The number of aryl methyl sites for hydroxylation is 1. The molecule has 0 aromatic heterocycles. The molecule has 1 fully saturated rings. The third kappa shape index (κ3) is 10.7. The Hall–Kier alpha value is -3.62. The number of benzene rings is 2. The summed E-state index contributed by atoms with van der Waals surface area (Å²) in [7, 11) is 0. The van der Waals surface area contributed by atoms with Gasteiger partial charge in [0, 0.05) is 6.07 Å². The zero-order valence-corrected chi connectivity index (χ0v) is 27.9. The summed E-state index contributed by atoms with van der Waals surface area (Å²) in [5.41, 5.74) is 5.68. The first-order valence-electron chi connectivity index (χ1n) is 16.7. The fourth-order valence-corrected chi connectivity index (χ4v) is 6.03. The average Bonchev–Trinajstić information content (AvgIpc) is 3.08. The van der Waals surface area contributed by atoms with Gasteiger partial charge in [0.15, 0.2) is 0 Å². The maximum absolute atomic E-state index is 11.9. The molecule has 0 heterocycles. The highest BCUT2D eigenvalue weighted by Gasteiger charge is 2.24. The molecule has 0 atom stereocenters.